The molecule has 0 saturated carbocycles. The van der Waals surface area contributed by atoms with Gasteiger partial charge in [0.25, 0.3) is 0 Å². The summed E-state index contributed by atoms with van der Waals surface area (Å²) in [6.07, 6.45) is 3.07. The molecule has 0 aromatic rings. The topological polar surface area (TPSA) is 84.4 Å². The van der Waals surface area contributed by atoms with Crippen LogP contribution in [-0.4, -0.2) is 17.1 Å². The predicted octanol–water partition coefficient (Wildman–Crippen LogP) is 0.324. The van der Waals surface area contributed by atoms with Gasteiger partial charge in [0, 0.05) is 6.04 Å². The van der Waals surface area contributed by atoms with Crippen LogP contribution in [0.25, 0.3) is 0 Å². The van der Waals surface area contributed by atoms with Gasteiger partial charge in [-0.2, -0.15) is 0 Å². The zero-order valence-corrected chi connectivity index (χ0v) is 7.71. The van der Waals surface area contributed by atoms with Crippen molar-refractivity contribution in [2.24, 2.45) is 11.7 Å². The Bertz CT molecular complexity index is 139. The minimum Gasteiger partial charge on any atom is -0.275 e. The Hall–Kier alpha value is -0.810. The van der Waals surface area contributed by atoms with E-state index in [4.69, 9.17) is 11.7 Å². The highest BCUT2D eigenvalue weighted by Gasteiger charge is 2.13. The van der Waals surface area contributed by atoms with E-state index in [1.54, 1.807) is 0 Å². The monoisotopic (exact) mass is 174 g/mol. The first-order valence-corrected chi connectivity index (χ1v) is 4.18. The fraction of sp³-hybridized carbons (Fsp3) is 0.857. The molecule has 0 aliphatic rings. The third-order valence-electron chi connectivity index (χ3n) is 1.81. The number of hydrazine groups is 2. The Morgan fingerprint density at radius 3 is 2.67 bits per heavy atom. The van der Waals surface area contributed by atoms with Gasteiger partial charge in [-0.3, -0.25) is 10.4 Å². The number of carbonyl (C=O) groups excluding carboxylic acids is 1. The van der Waals surface area contributed by atoms with E-state index >= 15 is 0 Å². The van der Waals surface area contributed by atoms with E-state index in [-0.39, 0.29) is 6.04 Å². The van der Waals surface area contributed by atoms with E-state index in [0.717, 1.165) is 24.3 Å². The number of rotatable bonds is 4. The van der Waals surface area contributed by atoms with Crippen LogP contribution in [0.5, 0.6) is 0 Å². The molecule has 0 aromatic carbocycles. The molecule has 0 fully saturated rings. The van der Waals surface area contributed by atoms with Gasteiger partial charge in [-0.25, -0.2) is 16.5 Å². The highest BCUT2D eigenvalue weighted by molar-refractivity contribution is 5.72. The molecule has 12 heavy (non-hydrogen) atoms. The number of nitrogens with two attached hydrogens (primary N) is 2. The molecule has 0 bridgehead atoms. The quantitative estimate of drug-likeness (QED) is 0.326. The van der Waals surface area contributed by atoms with Crippen LogP contribution in [0.4, 0.5) is 4.79 Å². The number of hydrogen-bond donors (Lipinski definition) is 3. The molecule has 1 atom stereocenters. The molecule has 0 aromatic heterocycles. The van der Waals surface area contributed by atoms with E-state index in [1.165, 1.54) is 0 Å². The number of nitrogens with one attached hydrogen (secondary N) is 1. The average molecular weight is 174 g/mol. The molecule has 0 aliphatic heterocycles. The molecule has 0 heterocycles. The number of hydrogen-bond acceptors (Lipinski definition) is 3. The third-order valence-corrected chi connectivity index (χ3v) is 1.81. The van der Waals surface area contributed by atoms with Crippen LogP contribution >= 0.6 is 0 Å². The number of unbranched alkanes of at least 4 members (excludes halogenated alkanes) is 1. The number of amides is 2. The van der Waals surface area contributed by atoms with Crippen LogP contribution < -0.4 is 17.1 Å². The standard InChI is InChI=1S/C7H18N4O/c1-3-4-5-6(2)11(9)7(12)10-8/h6H,3-5,8-9H2,1-2H3,(H,10,12). The zero-order chi connectivity index (χ0) is 9.56. The first kappa shape index (κ1) is 11.2. The fourth-order valence-electron chi connectivity index (χ4n) is 0.913. The van der Waals surface area contributed by atoms with Crippen molar-refractivity contribution in [1.82, 2.24) is 10.4 Å². The van der Waals surface area contributed by atoms with Crippen molar-refractivity contribution in [3.05, 3.63) is 0 Å². The maximum absolute atomic E-state index is 10.9. The van der Waals surface area contributed by atoms with E-state index in [1.807, 2.05) is 12.3 Å². The van der Waals surface area contributed by atoms with Crippen LogP contribution in [0.2, 0.25) is 0 Å². The van der Waals surface area contributed by atoms with Gasteiger partial charge in [0.15, 0.2) is 0 Å². The van der Waals surface area contributed by atoms with Crippen molar-refractivity contribution in [3.63, 3.8) is 0 Å². The van der Waals surface area contributed by atoms with Gasteiger partial charge in [0.1, 0.15) is 0 Å². The Morgan fingerprint density at radius 2 is 2.25 bits per heavy atom. The SMILES string of the molecule is CCCCC(C)N(N)C(=O)NN. The van der Waals surface area contributed by atoms with Crippen molar-refractivity contribution in [2.75, 3.05) is 0 Å². The summed E-state index contributed by atoms with van der Waals surface area (Å²) in [7, 11) is 0. The minimum atomic E-state index is -0.446. The normalized spacial score (nSPS) is 12.3. The molecule has 0 saturated heterocycles. The van der Waals surface area contributed by atoms with E-state index in [0.29, 0.717) is 0 Å². The Morgan fingerprint density at radius 1 is 1.67 bits per heavy atom. The lowest BCUT2D eigenvalue weighted by Gasteiger charge is -2.23. The Balaban J connectivity index is 3.75. The van der Waals surface area contributed by atoms with E-state index < -0.39 is 6.03 Å². The van der Waals surface area contributed by atoms with Crippen molar-refractivity contribution in [3.8, 4) is 0 Å². The minimum absolute atomic E-state index is 0.0356. The number of urea groups is 1. The fourth-order valence-corrected chi connectivity index (χ4v) is 0.913. The summed E-state index contributed by atoms with van der Waals surface area (Å²) in [5.74, 6) is 10.4. The van der Waals surface area contributed by atoms with Crippen LogP contribution in [0.3, 0.4) is 0 Å². The second kappa shape index (κ2) is 5.79. The molecule has 0 radical (unpaired) electrons. The van der Waals surface area contributed by atoms with E-state index in [9.17, 15) is 4.79 Å². The largest absolute Gasteiger partial charge is 0.345 e. The zero-order valence-electron chi connectivity index (χ0n) is 7.71. The summed E-state index contributed by atoms with van der Waals surface area (Å²) in [5, 5.41) is 1.12. The molecule has 5 N–H and O–H groups in total. The maximum atomic E-state index is 10.9. The average Bonchev–Trinajstić information content (AvgIpc) is 2.11. The first-order valence-electron chi connectivity index (χ1n) is 4.18. The van der Waals surface area contributed by atoms with Crippen molar-refractivity contribution >= 4 is 6.03 Å². The summed E-state index contributed by atoms with van der Waals surface area (Å²) in [5.41, 5.74) is 1.98. The van der Waals surface area contributed by atoms with Crippen LogP contribution in [0.1, 0.15) is 33.1 Å². The molecule has 0 rings (SSSR count). The van der Waals surface area contributed by atoms with Crippen LogP contribution in [0, 0.1) is 0 Å². The van der Waals surface area contributed by atoms with Gasteiger partial charge >= 0.3 is 6.03 Å². The summed E-state index contributed by atoms with van der Waals surface area (Å²) < 4.78 is 0. The molecule has 5 nitrogen and oxygen atoms in total. The van der Waals surface area contributed by atoms with Crippen molar-refractivity contribution in [2.45, 2.75) is 39.2 Å². The highest BCUT2D eigenvalue weighted by Crippen LogP contribution is 2.04. The third kappa shape index (κ3) is 3.54. The lowest BCUT2D eigenvalue weighted by Crippen LogP contribution is -2.51. The lowest BCUT2D eigenvalue weighted by atomic mass is 10.1. The second-order valence-electron chi connectivity index (χ2n) is 2.85. The smallest absolute Gasteiger partial charge is 0.275 e. The molecular weight excluding hydrogens is 156 g/mol. The molecule has 0 aliphatic carbocycles. The summed E-state index contributed by atoms with van der Waals surface area (Å²) in [6, 6.07) is -0.410. The molecular formula is C7H18N4O. The molecule has 1 unspecified atom stereocenters. The van der Waals surface area contributed by atoms with Crippen molar-refractivity contribution in [1.29, 1.82) is 0 Å². The van der Waals surface area contributed by atoms with Gasteiger partial charge < -0.3 is 0 Å². The van der Waals surface area contributed by atoms with E-state index in [2.05, 4.69) is 6.92 Å². The second-order valence-corrected chi connectivity index (χ2v) is 2.85. The molecule has 72 valence electrons. The van der Waals surface area contributed by atoms with Crippen LogP contribution in [-0.2, 0) is 0 Å². The highest BCUT2D eigenvalue weighted by atomic mass is 16.2. The molecule has 0 spiro atoms. The molecule has 5 heteroatoms. The summed E-state index contributed by atoms with van der Waals surface area (Å²) >= 11 is 0. The van der Waals surface area contributed by atoms with Gasteiger partial charge in [0.05, 0.1) is 0 Å². The molecule has 2 amide bonds. The summed E-state index contributed by atoms with van der Waals surface area (Å²) in [4.78, 5) is 10.9. The maximum Gasteiger partial charge on any atom is 0.345 e. The van der Waals surface area contributed by atoms with Gasteiger partial charge in [-0.1, -0.05) is 19.8 Å². The Labute approximate surface area is 73.0 Å². The Kier molecular flexibility index (Phi) is 5.40. The van der Waals surface area contributed by atoms with Crippen molar-refractivity contribution < 1.29 is 4.79 Å². The van der Waals surface area contributed by atoms with Gasteiger partial charge in [-0.15, -0.1) is 0 Å². The first-order chi connectivity index (χ1) is 5.63. The number of carbonyl (C=O) groups is 1. The summed E-state index contributed by atoms with van der Waals surface area (Å²) in [6.45, 7) is 3.99. The number of nitrogens with zero attached hydrogens (tertiary/aromatic N) is 1. The van der Waals surface area contributed by atoms with Gasteiger partial charge in [0.2, 0.25) is 0 Å². The van der Waals surface area contributed by atoms with Gasteiger partial charge in [-0.05, 0) is 13.3 Å². The predicted molar refractivity (Wildman–Crippen MR) is 47.7 cm³/mol. The lowest BCUT2D eigenvalue weighted by molar-refractivity contribution is 0.176. The van der Waals surface area contributed by atoms with Crippen LogP contribution in [0.15, 0.2) is 0 Å².